The zero-order chi connectivity index (χ0) is 12.3. The van der Waals surface area contributed by atoms with E-state index < -0.39 is 0 Å². The molecular formula is C12H16N4S. The van der Waals surface area contributed by atoms with Crippen LogP contribution in [0.15, 0.2) is 11.7 Å². The van der Waals surface area contributed by atoms with Crippen molar-refractivity contribution in [2.75, 3.05) is 11.9 Å². The molecule has 0 bridgehead atoms. The van der Waals surface area contributed by atoms with Gasteiger partial charge in [-0.25, -0.2) is 9.97 Å². The summed E-state index contributed by atoms with van der Waals surface area (Å²) in [7, 11) is 0. The number of nitrogens with one attached hydrogen (secondary N) is 1. The fraction of sp³-hybridized carbons (Fsp3) is 0.417. The zero-order valence-corrected chi connectivity index (χ0v) is 11.1. The minimum atomic E-state index is 0.759. The van der Waals surface area contributed by atoms with Crippen LogP contribution in [0.3, 0.4) is 0 Å². The number of hydrogen-bond acceptors (Lipinski definition) is 5. The molecule has 90 valence electrons. The maximum Gasteiger partial charge on any atom is 0.173 e. The summed E-state index contributed by atoms with van der Waals surface area (Å²) in [5.74, 6) is 1.69. The van der Waals surface area contributed by atoms with Crippen molar-refractivity contribution in [3.05, 3.63) is 23.0 Å². The third-order valence-electron chi connectivity index (χ3n) is 2.58. The molecule has 0 aliphatic rings. The molecule has 0 fully saturated rings. The van der Waals surface area contributed by atoms with Crippen molar-refractivity contribution in [3.63, 3.8) is 0 Å². The first-order chi connectivity index (χ1) is 8.22. The molecule has 4 nitrogen and oxygen atoms in total. The zero-order valence-electron chi connectivity index (χ0n) is 10.3. The average Bonchev–Trinajstić information content (AvgIpc) is 2.84. The first-order valence-corrected chi connectivity index (χ1v) is 6.58. The van der Waals surface area contributed by atoms with Gasteiger partial charge in [-0.05, 0) is 20.3 Å². The summed E-state index contributed by atoms with van der Waals surface area (Å²) in [4.78, 5) is 14.1. The van der Waals surface area contributed by atoms with Gasteiger partial charge in [0, 0.05) is 24.0 Å². The molecule has 2 aromatic rings. The van der Waals surface area contributed by atoms with Crippen LogP contribution in [0.5, 0.6) is 0 Å². The van der Waals surface area contributed by atoms with Crippen LogP contribution >= 0.6 is 11.3 Å². The number of aromatic nitrogens is 3. The van der Waals surface area contributed by atoms with Crippen LogP contribution in [0.4, 0.5) is 5.82 Å². The van der Waals surface area contributed by atoms with Crippen molar-refractivity contribution in [2.24, 2.45) is 0 Å². The van der Waals surface area contributed by atoms with Gasteiger partial charge in [0.25, 0.3) is 0 Å². The van der Waals surface area contributed by atoms with Crippen LogP contribution in [0.25, 0.3) is 10.7 Å². The van der Waals surface area contributed by atoms with E-state index in [2.05, 4.69) is 27.2 Å². The minimum absolute atomic E-state index is 0.759. The molecular weight excluding hydrogens is 232 g/mol. The average molecular weight is 248 g/mol. The van der Waals surface area contributed by atoms with E-state index in [1.54, 1.807) is 23.0 Å². The van der Waals surface area contributed by atoms with E-state index in [1.165, 1.54) is 0 Å². The number of anilines is 1. The van der Waals surface area contributed by atoms with E-state index in [0.29, 0.717) is 0 Å². The summed E-state index contributed by atoms with van der Waals surface area (Å²) in [6, 6.07) is 0. The summed E-state index contributed by atoms with van der Waals surface area (Å²) in [5, 5.41) is 3.34. The Bertz CT molecular complexity index is 493. The first-order valence-electron chi connectivity index (χ1n) is 5.70. The van der Waals surface area contributed by atoms with E-state index in [1.807, 2.05) is 13.8 Å². The Morgan fingerprint density at radius 2 is 2.12 bits per heavy atom. The third-order valence-corrected chi connectivity index (χ3v) is 3.35. The highest BCUT2D eigenvalue weighted by molar-refractivity contribution is 7.13. The lowest BCUT2D eigenvalue weighted by molar-refractivity contribution is 0.955. The molecule has 0 aromatic carbocycles. The number of thiazole rings is 1. The second kappa shape index (κ2) is 5.23. The van der Waals surface area contributed by atoms with Crippen molar-refractivity contribution < 1.29 is 0 Å². The van der Waals surface area contributed by atoms with Crippen LogP contribution in [0.2, 0.25) is 0 Å². The molecule has 17 heavy (non-hydrogen) atoms. The molecule has 0 spiro atoms. The molecule has 0 unspecified atom stereocenters. The fourth-order valence-corrected chi connectivity index (χ4v) is 2.03. The van der Waals surface area contributed by atoms with E-state index in [-0.39, 0.29) is 0 Å². The van der Waals surface area contributed by atoms with Crippen molar-refractivity contribution in [2.45, 2.75) is 27.2 Å². The number of rotatable bonds is 4. The number of hydrogen-bond donors (Lipinski definition) is 1. The highest BCUT2D eigenvalue weighted by Gasteiger charge is 2.10. The number of aryl methyl sites for hydroxylation is 1. The second-order valence-electron chi connectivity index (χ2n) is 3.90. The van der Waals surface area contributed by atoms with Gasteiger partial charge < -0.3 is 5.32 Å². The molecule has 0 saturated heterocycles. The molecule has 0 radical (unpaired) electrons. The predicted octanol–water partition coefficient (Wildman–Crippen LogP) is 3.04. The lowest BCUT2D eigenvalue weighted by Gasteiger charge is -2.10. The smallest absolute Gasteiger partial charge is 0.173 e. The molecule has 0 amide bonds. The SMILES string of the molecule is CCCNc1nc(-c2cncs2)nc(C)c1C. The van der Waals surface area contributed by atoms with Crippen molar-refractivity contribution in [3.8, 4) is 10.7 Å². The summed E-state index contributed by atoms with van der Waals surface area (Å²) < 4.78 is 0. The standard InChI is InChI=1S/C12H16N4S/c1-4-5-14-11-8(2)9(3)15-12(16-11)10-6-13-7-17-10/h6-7H,4-5H2,1-3H3,(H,14,15,16). The molecule has 5 heteroatoms. The Morgan fingerprint density at radius 1 is 1.29 bits per heavy atom. The van der Waals surface area contributed by atoms with Crippen LogP contribution < -0.4 is 5.32 Å². The number of nitrogens with zero attached hydrogens (tertiary/aromatic N) is 3. The minimum Gasteiger partial charge on any atom is -0.370 e. The van der Waals surface area contributed by atoms with Crippen LogP contribution in [-0.2, 0) is 0 Å². The molecule has 0 aliphatic heterocycles. The van der Waals surface area contributed by atoms with E-state index in [0.717, 1.165) is 40.7 Å². The Labute approximate surface area is 105 Å². The normalized spacial score (nSPS) is 10.5. The van der Waals surface area contributed by atoms with Gasteiger partial charge >= 0.3 is 0 Å². The van der Waals surface area contributed by atoms with Gasteiger partial charge in [0.1, 0.15) is 5.82 Å². The topological polar surface area (TPSA) is 50.7 Å². The van der Waals surface area contributed by atoms with E-state index >= 15 is 0 Å². The third kappa shape index (κ3) is 2.61. The highest BCUT2D eigenvalue weighted by Crippen LogP contribution is 2.23. The quantitative estimate of drug-likeness (QED) is 0.903. The van der Waals surface area contributed by atoms with Crippen molar-refractivity contribution in [1.82, 2.24) is 15.0 Å². The molecule has 0 atom stereocenters. The van der Waals surface area contributed by atoms with Gasteiger partial charge in [-0.3, -0.25) is 4.98 Å². The van der Waals surface area contributed by atoms with Gasteiger partial charge in [-0.2, -0.15) is 0 Å². The van der Waals surface area contributed by atoms with Crippen LogP contribution in [0, 0.1) is 13.8 Å². The highest BCUT2D eigenvalue weighted by atomic mass is 32.1. The van der Waals surface area contributed by atoms with Crippen molar-refractivity contribution in [1.29, 1.82) is 0 Å². The molecule has 2 aromatic heterocycles. The van der Waals surface area contributed by atoms with Gasteiger partial charge in [0.05, 0.1) is 10.4 Å². The van der Waals surface area contributed by atoms with Gasteiger partial charge in [-0.15, -0.1) is 11.3 Å². The molecule has 1 N–H and O–H groups in total. The van der Waals surface area contributed by atoms with Crippen molar-refractivity contribution >= 4 is 17.2 Å². The van der Waals surface area contributed by atoms with Gasteiger partial charge in [0.2, 0.25) is 0 Å². The monoisotopic (exact) mass is 248 g/mol. The molecule has 2 heterocycles. The Balaban J connectivity index is 2.39. The second-order valence-corrected chi connectivity index (χ2v) is 4.79. The lowest BCUT2D eigenvalue weighted by Crippen LogP contribution is -2.07. The summed E-state index contributed by atoms with van der Waals surface area (Å²) >= 11 is 1.56. The van der Waals surface area contributed by atoms with Crippen LogP contribution in [-0.4, -0.2) is 21.5 Å². The van der Waals surface area contributed by atoms with Gasteiger partial charge in [0.15, 0.2) is 5.82 Å². The van der Waals surface area contributed by atoms with Crippen LogP contribution in [0.1, 0.15) is 24.6 Å². The largest absolute Gasteiger partial charge is 0.370 e. The molecule has 0 aliphatic carbocycles. The summed E-state index contributed by atoms with van der Waals surface area (Å²) in [6.45, 7) is 7.13. The van der Waals surface area contributed by atoms with Gasteiger partial charge in [-0.1, -0.05) is 6.92 Å². The maximum atomic E-state index is 4.56. The Hall–Kier alpha value is -1.49. The molecule has 0 saturated carbocycles. The summed E-state index contributed by atoms with van der Waals surface area (Å²) in [5.41, 5.74) is 3.93. The molecule has 2 rings (SSSR count). The summed E-state index contributed by atoms with van der Waals surface area (Å²) in [6.07, 6.45) is 2.89. The lowest BCUT2D eigenvalue weighted by atomic mass is 10.2. The maximum absolute atomic E-state index is 4.56. The predicted molar refractivity (Wildman–Crippen MR) is 71.4 cm³/mol. The fourth-order valence-electron chi connectivity index (χ4n) is 1.48. The Kier molecular flexibility index (Phi) is 3.68. The van der Waals surface area contributed by atoms with E-state index in [9.17, 15) is 0 Å². The first kappa shape index (κ1) is 12.0. The van der Waals surface area contributed by atoms with E-state index in [4.69, 9.17) is 0 Å². The Morgan fingerprint density at radius 3 is 2.76 bits per heavy atom.